The van der Waals surface area contributed by atoms with E-state index in [2.05, 4.69) is 11.7 Å². The maximum Gasteiger partial charge on any atom is 0.429 e. The van der Waals surface area contributed by atoms with Crippen LogP contribution in [0.3, 0.4) is 0 Å². The Morgan fingerprint density at radius 2 is 1.34 bits per heavy atom. The minimum atomic E-state index is -4.41. The van der Waals surface area contributed by atoms with Crippen molar-refractivity contribution in [3.8, 4) is 16.9 Å². The highest BCUT2D eigenvalue weighted by Crippen LogP contribution is 2.40. The minimum Gasteiger partial charge on any atom is -0.429 e. The molecule has 9 heteroatoms. The lowest BCUT2D eigenvalue weighted by atomic mass is 9.79. The molecule has 0 amide bonds. The molecule has 1 fully saturated rings. The molecule has 3 aromatic carbocycles. The van der Waals surface area contributed by atoms with Gasteiger partial charge in [-0.05, 0) is 47.9 Å². The number of hydrogen-bond donors (Lipinski definition) is 0. The molecule has 35 heavy (non-hydrogen) atoms. The summed E-state index contributed by atoms with van der Waals surface area (Å²) in [6.07, 6.45) is -1.18. The highest BCUT2D eigenvalue weighted by atomic mass is 19.3. The van der Waals surface area contributed by atoms with E-state index in [0.717, 1.165) is 31.7 Å². The molecule has 0 aromatic heterocycles. The summed E-state index contributed by atoms with van der Waals surface area (Å²) >= 11 is 0. The van der Waals surface area contributed by atoms with Crippen LogP contribution in [0.25, 0.3) is 11.1 Å². The van der Waals surface area contributed by atoms with E-state index >= 15 is 0 Å². The Hall–Kier alpha value is -3.10. The highest BCUT2D eigenvalue weighted by molar-refractivity contribution is 5.65. The third-order valence-corrected chi connectivity index (χ3v) is 6.36. The molecular formula is C26H20F8O. The maximum absolute atomic E-state index is 14.9. The summed E-state index contributed by atoms with van der Waals surface area (Å²) in [4.78, 5) is 0. The van der Waals surface area contributed by atoms with E-state index in [9.17, 15) is 35.1 Å². The van der Waals surface area contributed by atoms with E-state index in [-0.39, 0.29) is 34.7 Å². The SMILES string of the molecule is CC1CCC(c2ccc(-c3ccc(C(F)(F)Oc4cc(F)c(F)c(F)c4)c(F)c3)c(F)c2F)CC1. The average Bonchev–Trinajstić information content (AvgIpc) is 2.79. The fourth-order valence-corrected chi connectivity index (χ4v) is 4.39. The van der Waals surface area contributed by atoms with Crippen LogP contribution in [0.1, 0.15) is 49.7 Å². The van der Waals surface area contributed by atoms with Gasteiger partial charge in [0.15, 0.2) is 29.1 Å². The van der Waals surface area contributed by atoms with Crippen LogP contribution in [-0.4, -0.2) is 0 Å². The highest BCUT2D eigenvalue weighted by Gasteiger charge is 2.38. The predicted octanol–water partition coefficient (Wildman–Crippen LogP) is 8.61. The number of halogens is 8. The molecule has 0 unspecified atom stereocenters. The molecule has 4 rings (SSSR count). The van der Waals surface area contributed by atoms with Gasteiger partial charge in [0.1, 0.15) is 11.6 Å². The van der Waals surface area contributed by atoms with Crippen molar-refractivity contribution in [3.05, 3.63) is 88.5 Å². The van der Waals surface area contributed by atoms with Crippen molar-refractivity contribution in [2.45, 2.75) is 44.6 Å². The quantitative estimate of drug-likeness (QED) is 0.252. The Morgan fingerprint density at radius 3 is 1.94 bits per heavy atom. The van der Waals surface area contributed by atoms with Gasteiger partial charge in [-0.15, -0.1) is 0 Å². The first-order valence-electron chi connectivity index (χ1n) is 11.0. The van der Waals surface area contributed by atoms with Crippen LogP contribution in [0.15, 0.2) is 42.5 Å². The van der Waals surface area contributed by atoms with Crippen LogP contribution in [0, 0.1) is 40.8 Å². The Morgan fingerprint density at radius 1 is 0.714 bits per heavy atom. The van der Waals surface area contributed by atoms with E-state index < -0.39 is 52.3 Å². The van der Waals surface area contributed by atoms with Crippen molar-refractivity contribution in [2.24, 2.45) is 5.92 Å². The van der Waals surface area contributed by atoms with Crippen molar-refractivity contribution in [3.63, 3.8) is 0 Å². The molecule has 0 saturated heterocycles. The topological polar surface area (TPSA) is 9.23 Å². The van der Waals surface area contributed by atoms with Gasteiger partial charge in [-0.2, -0.15) is 8.78 Å². The Bertz CT molecular complexity index is 1230. The van der Waals surface area contributed by atoms with Gasteiger partial charge in [0, 0.05) is 17.7 Å². The average molecular weight is 500 g/mol. The molecule has 186 valence electrons. The molecule has 0 aliphatic heterocycles. The smallest absolute Gasteiger partial charge is 0.429 e. The zero-order chi connectivity index (χ0) is 25.5. The van der Waals surface area contributed by atoms with Crippen molar-refractivity contribution < 1.29 is 39.9 Å². The Labute approximate surface area is 196 Å². The van der Waals surface area contributed by atoms with Gasteiger partial charge < -0.3 is 4.74 Å². The van der Waals surface area contributed by atoms with E-state index in [1.807, 2.05) is 0 Å². The first kappa shape index (κ1) is 25.0. The molecule has 0 bridgehead atoms. The summed E-state index contributed by atoms with van der Waals surface area (Å²) in [6.45, 7) is 2.10. The van der Waals surface area contributed by atoms with Crippen LogP contribution < -0.4 is 4.74 Å². The van der Waals surface area contributed by atoms with E-state index in [1.165, 1.54) is 12.1 Å². The summed E-state index contributed by atoms with van der Waals surface area (Å²) in [7, 11) is 0. The van der Waals surface area contributed by atoms with Crippen molar-refractivity contribution in [2.75, 3.05) is 0 Å². The number of alkyl halides is 2. The second-order valence-corrected chi connectivity index (χ2v) is 8.80. The lowest BCUT2D eigenvalue weighted by Gasteiger charge is -2.27. The fraction of sp³-hybridized carbons (Fsp3) is 0.308. The molecular weight excluding hydrogens is 480 g/mol. The van der Waals surface area contributed by atoms with Gasteiger partial charge in [-0.3, -0.25) is 0 Å². The number of rotatable bonds is 5. The van der Waals surface area contributed by atoms with Crippen LogP contribution in [0.2, 0.25) is 0 Å². The Kier molecular flexibility index (Phi) is 6.79. The molecule has 1 saturated carbocycles. The summed E-state index contributed by atoms with van der Waals surface area (Å²) in [6, 6.07) is 5.19. The van der Waals surface area contributed by atoms with Gasteiger partial charge in [0.2, 0.25) is 0 Å². The van der Waals surface area contributed by atoms with Gasteiger partial charge in [-0.25, -0.2) is 26.3 Å². The summed E-state index contributed by atoms with van der Waals surface area (Å²) in [5.74, 6) is -9.90. The third-order valence-electron chi connectivity index (χ3n) is 6.36. The standard InChI is InChI=1S/C26H20F8O/c1-13-2-4-14(5-3-13)17-7-8-18(24(31)23(17)30)15-6-9-19(20(27)10-15)26(33,34)35-16-11-21(28)25(32)22(29)12-16/h6-14H,2-5H2,1H3. The minimum absolute atomic E-state index is 0.133. The molecule has 0 radical (unpaired) electrons. The van der Waals surface area contributed by atoms with Crippen molar-refractivity contribution >= 4 is 0 Å². The largest absolute Gasteiger partial charge is 0.429 e. The lowest BCUT2D eigenvalue weighted by molar-refractivity contribution is -0.187. The van der Waals surface area contributed by atoms with Crippen LogP contribution in [-0.2, 0) is 6.11 Å². The molecule has 0 N–H and O–H groups in total. The second kappa shape index (κ2) is 9.51. The number of ether oxygens (including phenoxy) is 1. The molecule has 0 spiro atoms. The normalized spacial score (nSPS) is 18.5. The molecule has 0 atom stereocenters. The molecule has 1 aliphatic carbocycles. The maximum atomic E-state index is 14.9. The first-order valence-corrected chi connectivity index (χ1v) is 11.0. The van der Waals surface area contributed by atoms with Gasteiger partial charge >= 0.3 is 6.11 Å². The molecule has 1 nitrogen and oxygen atoms in total. The van der Waals surface area contributed by atoms with Gasteiger partial charge in [-0.1, -0.05) is 38.0 Å². The number of hydrogen-bond acceptors (Lipinski definition) is 1. The van der Waals surface area contributed by atoms with E-state index in [4.69, 9.17) is 0 Å². The van der Waals surface area contributed by atoms with Crippen LogP contribution in [0.4, 0.5) is 35.1 Å². The first-order chi connectivity index (χ1) is 16.5. The van der Waals surface area contributed by atoms with Gasteiger partial charge in [0.05, 0.1) is 5.56 Å². The zero-order valence-corrected chi connectivity index (χ0v) is 18.5. The van der Waals surface area contributed by atoms with E-state index in [0.29, 0.717) is 18.1 Å². The predicted molar refractivity (Wildman–Crippen MR) is 113 cm³/mol. The van der Waals surface area contributed by atoms with Crippen molar-refractivity contribution in [1.82, 2.24) is 0 Å². The monoisotopic (exact) mass is 500 g/mol. The lowest BCUT2D eigenvalue weighted by Crippen LogP contribution is -2.23. The van der Waals surface area contributed by atoms with Crippen LogP contribution in [0.5, 0.6) is 5.75 Å². The summed E-state index contributed by atoms with van der Waals surface area (Å²) < 4.78 is 117. The Balaban J connectivity index is 1.61. The summed E-state index contributed by atoms with van der Waals surface area (Å²) in [5.41, 5.74) is -1.59. The second-order valence-electron chi connectivity index (χ2n) is 8.80. The number of benzene rings is 3. The van der Waals surface area contributed by atoms with Crippen LogP contribution >= 0.6 is 0 Å². The summed E-state index contributed by atoms with van der Waals surface area (Å²) in [5, 5.41) is 0. The molecule has 1 aliphatic rings. The van der Waals surface area contributed by atoms with Crippen molar-refractivity contribution in [1.29, 1.82) is 0 Å². The third kappa shape index (κ3) is 4.99. The molecule has 0 heterocycles. The van der Waals surface area contributed by atoms with E-state index in [1.54, 1.807) is 0 Å². The fourth-order valence-electron chi connectivity index (χ4n) is 4.39. The molecule has 3 aromatic rings. The zero-order valence-electron chi connectivity index (χ0n) is 18.5. The van der Waals surface area contributed by atoms with Gasteiger partial charge in [0.25, 0.3) is 0 Å².